The van der Waals surface area contributed by atoms with Crippen LogP contribution in [0.25, 0.3) is 11.3 Å². The smallest absolute Gasteiger partial charge is 0.257 e. The van der Waals surface area contributed by atoms with Crippen LogP contribution in [0.5, 0.6) is 0 Å². The van der Waals surface area contributed by atoms with Crippen LogP contribution < -0.4 is 9.62 Å². The van der Waals surface area contributed by atoms with Gasteiger partial charge in [0.15, 0.2) is 16.1 Å². The molecule has 0 radical (unpaired) electrons. The lowest BCUT2D eigenvalue weighted by molar-refractivity contribution is 0.102. The fourth-order valence-corrected chi connectivity index (χ4v) is 5.88. The van der Waals surface area contributed by atoms with Gasteiger partial charge in [-0.05, 0) is 49.2 Å². The van der Waals surface area contributed by atoms with Gasteiger partial charge in [-0.3, -0.25) is 14.4 Å². The number of fused-ring (bicyclic) bond motifs is 1. The molecule has 7 heteroatoms. The first-order chi connectivity index (χ1) is 15.6. The molecule has 32 heavy (non-hydrogen) atoms. The van der Waals surface area contributed by atoms with Crippen LogP contribution in [0.2, 0.25) is 0 Å². The molecular weight excluding hydrogens is 438 g/mol. The first-order valence-corrected chi connectivity index (χ1v) is 12.2. The number of benzene rings is 3. The van der Waals surface area contributed by atoms with Gasteiger partial charge in [0.1, 0.15) is 0 Å². The molecule has 5 nitrogen and oxygen atoms in total. The first-order valence-electron chi connectivity index (χ1n) is 10.3. The topological polar surface area (TPSA) is 62.3 Å². The van der Waals surface area contributed by atoms with Crippen molar-refractivity contribution in [2.45, 2.75) is 18.2 Å². The van der Waals surface area contributed by atoms with Gasteiger partial charge in [-0.1, -0.05) is 48.5 Å². The summed E-state index contributed by atoms with van der Waals surface area (Å²) in [5.74, 6) is -0.234. The second-order valence-corrected chi connectivity index (χ2v) is 10.1. The molecule has 2 heterocycles. The number of carbonyl (C=O) groups excluding carboxylic acids is 1. The Bertz CT molecular complexity index is 1300. The third-order valence-corrected chi connectivity index (χ3v) is 7.77. The van der Waals surface area contributed by atoms with Crippen molar-refractivity contribution < 1.29 is 9.00 Å². The van der Waals surface area contributed by atoms with Crippen LogP contribution in [0.3, 0.4) is 0 Å². The predicted molar refractivity (Wildman–Crippen MR) is 131 cm³/mol. The number of hydrogen-bond donors (Lipinski definition) is 1. The SMILES string of the molecule is Cc1sc(NC(=O)c2ccc(S(=O)N3CCc4ccccc43)cc2)nc1-c1ccccc1. The summed E-state index contributed by atoms with van der Waals surface area (Å²) in [6, 6.07) is 24.9. The molecule has 1 aliphatic heterocycles. The number of para-hydroxylation sites is 1. The Morgan fingerprint density at radius 1 is 1.00 bits per heavy atom. The molecule has 1 atom stereocenters. The number of carbonyl (C=O) groups is 1. The summed E-state index contributed by atoms with van der Waals surface area (Å²) in [6.07, 6.45) is 0.889. The predicted octanol–water partition coefficient (Wildman–Crippen LogP) is 5.46. The molecule has 160 valence electrons. The summed E-state index contributed by atoms with van der Waals surface area (Å²) in [6.45, 7) is 2.72. The summed E-state index contributed by atoms with van der Waals surface area (Å²) in [4.78, 5) is 19.1. The Balaban J connectivity index is 1.30. The van der Waals surface area contributed by atoms with Crippen molar-refractivity contribution in [3.8, 4) is 11.3 Å². The Morgan fingerprint density at radius 2 is 1.72 bits per heavy atom. The van der Waals surface area contributed by atoms with E-state index in [0.717, 1.165) is 34.8 Å². The van der Waals surface area contributed by atoms with E-state index in [1.165, 1.54) is 16.9 Å². The number of amides is 1. The number of aryl methyl sites for hydroxylation is 1. The van der Waals surface area contributed by atoms with Gasteiger partial charge < -0.3 is 0 Å². The maximum absolute atomic E-state index is 13.1. The van der Waals surface area contributed by atoms with E-state index >= 15 is 0 Å². The van der Waals surface area contributed by atoms with E-state index in [0.29, 0.717) is 15.6 Å². The van der Waals surface area contributed by atoms with Gasteiger partial charge in [-0.15, -0.1) is 11.3 Å². The first kappa shape index (κ1) is 20.6. The summed E-state index contributed by atoms with van der Waals surface area (Å²) in [5, 5.41) is 3.45. The van der Waals surface area contributed by atoms with Crippen LogP contribution in [0.15, 0.2) is 83.8 Å². The van der Waals surface area contributed by atoms with Gasteiger partial charge in [0, 0.05) is 22.5 Å². The fraction of sp³-hybridized carbons (Fsp3) is 0.120. The van der Waals surface area contributed by atoms with Crippen molar-refractivity contribution >= 4 is 39.0 Å². The molecule has 0 spiro atoms. The average molecular weight is 460 g/mol. The van der Waals surface area contributed by atoms with Crippen molar-refractivity contribution in [3.05, 3.63) is 94.9 Å². The van der Waals surface area contributed by atoms with E-state index in [1.54, 1.807) is 24.3 Å². The normalized spacial score (nSPS) is 13.6. The number of nitrogens with zero attached hydrogens (tertiary/aromatic N) is 2. The summed E-state index contributed by atoms with van der Waals surface area (Å²) in [7, 11) is -1.31. The minimum absolute atomic E-state index is 0.234. The van der Waals surface area contributed by atoms with Crippen LogP contribution in [-0.4, -0.2) is 21.6 Å². The van der Waals surface area contributed by atoms with Crippen LogP contribution >= 0.6 is 11.3 Å². The third-order valence-electron chi connectivity index (χ3n) is 5.43. The van der Waals surface area contributed by atoms with Crippen LogP contribution in [0.1, 0.15) is 20.8 Å². The third kappa shape index (κ3) is 3.97. The van der Waals surface area contributed by atoms with Crippen molar-refractivity contribution in [1.82, 2.24) is 4.98 Å². The van der Waals surface area contributed by atoms with E-state index in [4.69, 9.17) is 0 Å². The molecule has 3 aromatic carbocycles. The minimum Gasteiger partial charge on any atom is -0.298 e. The Labute approximate surface area is 193 Å². The molecule has 0 fully saturated rings. The van der Waals surface area contributed by atoms with Crippen LogP contribution in [-0.2, 0) is 17.4 Å². The highest BCUT2D eigenvalue weighted by Gasteiger charge is 2.24. The van der Waals surface area contributed by atoms with E-state index in [-0.39, 0.29) is 5.91 Å². The lowest BCUT2D eigenvalue weighted by Crippen LogP contribution is -2.23. The van der Waals surface area contributed by atoms with E-state index < -0.39 is 11.0 Å². The highest BCUT2D eigenvalue weighted by molar-refractivity contribution is 7.86. The highest BCUT2D eigenvalue weighted by atomic mass is 32.2. The van der Waals surface area contributed by atoms with E-state index in [1.807, 2.05) is 59.8 Å². The van der Waals surface area contributed by atoms with Gasteiger partial charge in [0.25, 0.3) is 5.91 Å². The molecule has 1 aromatic heterocycles. The number of rotatable bonds is 5. The number of thiazole rings is 1. The van der Waals surface area contributed by atoms with Gasteiger partial charge in [-0.2, -0.15) is 0 Å². The highest BCUT2D eigenvalue weighted by Crippen LogP contribution is 2.32. The summed E-state index contributed by atoms with van der Waals surface area (Å²) >= 11 is 1.45. The Morgan fingerprint density at radius 3 is 2.50 bits per heavy atom. The lowest BCUT2D eigenvalue weighted by atomic mass is 10.1. The second kappa shape index (κ2) is 8.68. The average Bonchev–Trinajstić information content (AvgIpc) is 3.42. The monoisotopic (exact) mass is 459 g/mol. The molecule has 0 saturated heterocycles. The molecule has 1 N–H and O–H groups in total. The molecule has 4 aromatic rings. The number of anilines is 2. The zero-order chi connectivity index (χ0) is 22.1. The summed E-state index contributed by atoms with van der Waals surface area (Å²) < 4.78 is 15.0. The number of nitrogens with one attached hydrogen (secondary N) is 1. The van der Waals surface area contributed by atoms with Crippen molar-refractivity contribution in [3.63, 3.8) is 0 Å². The largest absolute Gasteiger partial charge is 0.298 e. The minimum atomic E-state index is -1.31. The molecule has 0 bridgehead atoms. The Kier molecular flexibility index (Phi) is 5.59. The quantitative estimate of drug-likeness (QED) is 0.431. The Hall–Kier alpha value is -3.29. The van der Waals surface area contributed by atoms with Crippen molar-refractivity contribution in [1.29, 1.82) is 0 Å². The molecule has 5 rings (SSSR count). The molecule has 0 saturated carbocycles. The van der Waals surface area contributed by atoms with Crippen LogP contribution in [0, 0.1) is 6.92 Å². The zero-order valence-electron chi connectivity index (χ0n) is 17.4. The van der Waals surface area contributed by atoms with E-state index in [2.05, 4.69) is 16.4 Å². The number of hydrogen-bond acceptors (Lipinski definition) is 4. The molecule has 1 aliphatic rings. The standard InChI is InChI=1S/C25H21N3O2S2/c1-17-23(19-8-3-2-4-9-19)26-25(31-17)27-24(29)20-11-13-21(14-12-20)32(30)28-16-15-18-7-5-6-10-22(18)28/h2-14H,15-16H2,1H3,(H,26,27,29). The molecular formula is C25H21N3O2S2. The zero-order valence-corrected chi connectivity index (χ0v) is 19.1. The van der Waals surface area contributed by atoms with Gasteiger partial charge in [0.2, 0.25) is 0 Å². The van der Waals surface area contributed by atoms with Gasteiger partial charge in [-0.25, -0.2) is 9.19 Å². The maximum atomic E-state index is 13.1. The van der Waals surface area contributed by atoms with Crippen LogP contribution in [0.4, 0.5) is 10.8 Å². The van der Waals surface area contributed by atoms with E-state index in [9.17, 15) is 9.00 Å². The van der Waals surface area contributed by atoms with Crippen molar-refractivity contribution in [2.75, 3.05) is 16.2 Å². The fourth-order valence-electron chi connectivity index (χ4n) is 3.81. The molecule has 1 unspecified atom stereocenters. The summed E-state index contributed by atoms with van der Waals surface area (Å²) in [5.41, 5.74) is 4.63. The second-order valence-electron chi connectivity index (χ2n) is 7.50. The van der Waals surface area contributed by atoms with Gasteiger partial charge in [0.05, 0.1) is 16.3 Å². The molecule has 1 amide bonds. The number of aromatic nitrogens is 1. The maximum Gasteiger partial charge on any atom is 0.257 e. The van der Waals surface area contributed by atoms with Crippen molar-refractivity contribution in [2.24, 2.45) is 0 Å². The molecule has 0 aliphatic carbocycles. The van der Waals surface area contributed by atoms with Gasteiger partial charge >= 0.3 is 0 Å². The lowest BCUT2D eigenvalue weighted by Gasteiger charge is -2.18.